The first kappa shape index (κ1) is 34.1. The molecule has 0 fully saturated rings. The number of hydrogen-bond donors (Lipinski definition) is 0. The van der Waals surface area contributed by atoms with Gasteiger partial charge < -0.3 is 23.7 Å². The summed E-state index contributed by atoms with van der Waals surface area (Å²) in [5.74, 6) is -0.621. The molecule has 45 heavy (non-hydrogen) atoms. The Bertz CT molecular complexity index is 1530. The van der Waals surface area contributed by atoms with Crippen LogP contribution in [-0.2, 0) is 35.0 Å². The highest BCUT2D eigenvalue weighted by Crippen LogP contribution is 2.28. The van der Waals surface area contributed by atoms with Gasteiger partial charge in [-0.3, -0.25) is 9.59 Å². The van der Waals surface area contributed by atoms with Crippen molar-refractivity contribution in [1.82, 2.24) is 0 Å². The van der Waals surface area contributed by atoms with Crippen molar-refractivity contribution in [2.24, 2.45) is 0 Å². The molecule has 0 aliphatic carbocycles. The minimum Gasteiger partial charge on any atom is -0.490 e. The summed E-state index contributed by atoms with van der Waals surface area (Å²) in [6, 6.07) is 20.4. The normalized spacial score (nSPS) is 10.5. The van der Waals surface area contributed by atoms with Crippen LogP contribution in [0.1, 0.15) is 34.8 Å². The zero-order valence-corrected chi connectivity index (χ0v) is 25.4. The van der Waals surface area contributed by atoms with E-state index in [1.165, 1.54) is 13.2 Å². The molecule has 9 nitrogen and oxygen atoms in total. The highest BCUT2D eigenvalue weighted by atomic mass is 16.6. The molecule has 0 aliphatic heterocycles. The number of allylic oxidation sites excluding steroid dienone is 1. The third kappa shape index (κ3) is 11.0. The predicted octanol–water partition coefficient (Wildman–Crippen LogP) is 5.96. The van der Waals surface area contributed by atoms with E-state index < -0.39 is 17.9 Å². The van der Waals surface area contributed by atoms with Gasteiger partial charge in [-0.2, -0.15) is 0 Å². The Kier molecular flexibility index (Phi) is 13.3. The van der Waals surface area contributed by atoms with Crippen molar-refractivity contribution in [2.45, 2.75) is 19.8 Å². The summed E-state index contributed by atoms with van der Waals surface area (Å²) in [7, 11) is 1.23. The fourth-order valence-electron chi connectivity index (χ4n) is 4.07. The van der Waals surface area contributed by atoms with Crippen molar-refractivity contribution in [3.63, 3.8) is 0 Å². The highest BCUT2D eigenvalue weighted by Gasteiger charge is 2.13. The molecule has 3 rings (SSSR count). The smallest absolute Gasteiger partial charge is 0.334 e. The van der Waals surface area contributed by atoms with Crippen LogP contribution in [0.15, 0.2) is 97.6 Å². The molecule has 0 bridgehead atoms. The summed E-state index contributed by atoms with van der Waals surface area (Å²) in [5.41, 5.74) is 4.46. The Morgan fingerprint density at radius 3 is 2.02 bits per heavy atom. The molecule has 0 spiro atoms. The molecular formula is C36H36O9. The van der Waals surface area contributed by atoms with Gasteiger partial charge >= 0.3 is 17.9 Å². The number of carbonyl (C=O) groups excluding carboxylic acids is 4. The molecule has 0 saturated heterocycles. The van der Waals surface area contributed by atoms with Crippen LogP contribution in [0.25, 0.3) is 17.2 Å². The number of rotatable bonds is 17. The standard InChI is InChI=1S/C36H36O9/c1-5-27-24-29(33(37)18-9-26-7-13-30(14-8-26)42-19-21-44-34(38)6-2)12-17-32(27)28-10-15-31(16-11-28)43-20-22-45-36(40)25(3)23-35(39)41-4/h6-18,24H,2-3,5,19-23H2,1,4H3/b18-9+. The van der Waals surface area contributed by atoms with Gasteiger partial charge in [-0.15, -0.1) is 0 Å². The summed E-state index contributed by atoms with van der Waals surface area (Å²) >= 11 is 0. The molecule has 0 atom stereocenters. The van der Waals surface area contributed by atoms with Crippen LogP contribution in [0.5, 0.6) is 11.5 Å². The van der Waals surface area contributed by atoms with Crippen LogP contribution in [0.2, 0.25) is 0 Å². The van der Waals surface area contributed by atoms with Crippen LogP contribution < -0.4 is 9.47 Å². The van der Waals surface area contributed by atoms with Gasteiger partial charge in [0.2, 0.25) is 0 Å². The van der Waals surface area contributed by atoms with E-state index in [2.05, 4.69) is 17.9 Å². The van der Waals surface area contributed by atoms with E-state index in [0.717, 1.165) is 34.8 Å². The fourth-order valence-corrected chi connectivity index (χ4v) is 4.07. The largest absolute Gasteiger partial charge is 0.490 e. The molecule has 3 aromatic rings. The molecule has 0 radical (unpaired) electrons. The van der Waals surface area contributed by atoms with E-state index >= 15 is 0 Å². The van der Waals surface area contributed by atoms with Gasteiger partial charge in [0.05, 0.1) is 13.5 Å². The van der Waals surface area contributed by atoms with Gasteiger partial charge in [0, 0.05) is 17.2 Å². The van der Waals surface area contributed by atoms with Crippen molar-refractivity contribution in [1.29, 1.82) is 0 Å². The maximum Gasteiger partial charge on any atom is 0.334 e. The molecule has 0 aliphatic rings. The van der Waals surface area contributed by atoms with Crippen LogP contribution in [0.3, 0.4) is 0 Å². The molecule has 234 valence electrons. The maximum atomic E-state index is 12.9. The van der Waals surface area contributed by atoms with Gasteiger partial charge in [-0.1, -0.05) is 62.6 Å². The van der Waals surface area contributed by atoms with Crippen LogP contribution in [0, 0.1) is 0 Å². The Morgan fingerprint density at radius 1 is 0.800 bits per heavy atom. The van der Waals surface area contributed by atoms with Crippen molar-refractivity contribution in [3.05, 3.63) is 114 Å². The first-order valence-electron chi connectivity index (χ1n) is 14.3. The van der Waals surface area contributed by atoms with Crippen molar-refractivity contribution >= 4 is 29.8 Å². The lowest BCUT2D eigenvalue weighted by Crippen LogP contribution is -2.15. The van der Waals surface area contributed by atoms with Crippen molar-refractivity contribution in [3.8, 4) is 22.6 Å². The monoisotopic (exact) mass is 612 g/mol. The van der Waals surface area contributed by atoms with Crippen molar-refractivity contribution < 1.29 is 42.9 Å². The van der Waals surface area contributed by atoms with Crippen molar-refractivity contribution in [2.75, 3.05) is 33.5 Å². The SMILES string of the molecule is C=CC(=O)OCCOc1ccc(/C=C/C(=O)c2ccc(-c3ccc(OCCOC(=O)C(=C)CC(=O)OC)cc3)c(CC)c2)cc1. The van der Waals surface area contributed by atoms with E-state index in [-0.39, 0.29) is 44.2 Å². The van der Waals surface area contributed by atoms with Gasteiger partial charge in [-0.05, 0) is 65.1 Å². The van der Waals surface area contributed by atoms with Crippen LogP contribution >= 0.6 is 0 Å². The molecule has 0 aromatic heterocycles. The molecule has 0 heterocycles. The summed E-state index contributed by atoms with van der Waals surface area (Å²) in [6.45, 7) is 9.39. The quantitative estimate of drug-likeness (QED) is 0.0599. The predicted molar refractivity (Wildman–Crippen MR) is 170 cm³/mol. The fraction of sp³-hybridized carbons (Fsp3) is 0.222. The molecular weight excluding hydrogens is 576 g/mol. The van der Waals surface area contributed by atoms with Gasteiger partial charge in [0.15, 0.2) is 5.78 Å². The second kappa shape index (κ2) is 17.6. The Labute approximate surface area is 262 Å². The highest BCUT2D eigenvalue weighted by molar-refractivity contribution is 6.07. The minimum absolute atomic E-state index is 0.00101. The minimum atomic E-state index is -0.674. The maximum absolute atomic E-state index is 12.9. The van der Waals surface area contributed by atoms with Crippen LogP contribution in [-0.4, -0.2) is 57.2 Å². The zero-order chi connectivity index (χ0) is 32.6. The molecule has 0 saturated carbocycles. The molecule has 9 heteroatoms. The molecule has 0 unspecified atom stereocenters. The van der Waals surface area contributed by atoms with E-state index in [9.17, 15) is 19.2 Å². The number of methoxy groups -OCH3 is 1. The van der Waals surface area contributed by atoms with E-state index in [4.69, 9.17) is 18.9 Å². The third-order valence-corrected chi connectivity index (χ3v) is 6.47. The second-order valence-electron chi connectivity index (χ2n) is 9.58. The third-order valence-electron chi connectivity index (χ3n) is 6.47. The van der Waals surface area contributed by atoms with E-state index in [1.807, 2.05) is 61.5 Å². The number of carbonyl (C=O) groups is 4. The summed E-state index contributed by atoms with van der Waals surface area (Å²) in [6.07, 6.45) is 4.89. The summed E-state index contributed by atoms with van der Waals surface area (Å²) in [5, 5.41) is 0. The van der Waals surface area contributed by atoms with Gasteiger partial charge in [-0.25, -0.2) is 9.59 Å². The number of aryl methyl sites for hydroxylation is 1. The number of ether oxygens (including phenoxy) is 5. The number of ketones is 1. The van der Waals surface area contributed by atoms with E-state index in [0.29, 0.717) is 17.1 Å². The summed E-state index contributed by atoms with van der Waals surface area (Å²) < 4.78 is 25.7. The number of hydrogen-bond acceptors (Lipinski definition) is 9. The lowest BCUT2D eigenvalue weighted by molar-refractivity contribution is -0.144. The van der Waals surface area contributed by atoms with Crippen LogP contribution in [0.4, 0.5) is 0 Å². The van der Waals surface area contributed by atoms with Gasteiger partial charge in [0.1, 0.15) is 37.9 Å². The lowest BCUT2D eigenvalue weighted by atomic mass is 9.94. The molecule has 0 amide bonds. The average molecular weight is 613 g/mol. The first-order chi connectivity index (χ1) is 21.7. The van der Waals surface area contributed by atoms with E-state index in [1.54, 1.807) is 18.2 Å². The Balaban J connectivity index is 1.52. The Morgan fingerprint density at radius 2 is 1.42 bits per heavy atom. The first-order valence-corrected chi connectivity index (χ1v) is 14.3. The zero-order valence-electron chi connectivity index (χ0n) is 25.4. The second-order valence-corrected chi connectivity index (χ2v) is 9.58. The van der Waals surface area contributed by atoms with Gasteiger partial charge in [0.25, 0.3) is 0 Å². The summed E-state index contributed by atoms with van der Waals surface area (Å²) in [4.78, 5) is 47.1. The average Bonchev–Trinajstić information content (AvgIpc) is 3.07. The molecule has 0 N–H and O–H groups in total. The Hall–Kier alpha value is -5.44. The number of esters is 3. The topological polar surface area (TPSA) is 114 Å². The molecule has 3 aromatic carbocycles. The number of benzene rings is 3. The lowest BCUT2D eigenvalue weighted by Gasteiger charge is -2.12.